The number of nitrogens with two attached hydrogens (primary N) is 1. The van der Waals surface area contributed by atoms with Crippen LogP contribution in [-0.4, -0.2) is 30.9 Å². The van der Waals surface area contributed by atoms with Gasteiger partial charge >= 0.3 is 0 Å². The number of carbonyl (C=O) groups excluding carboxylic acids is 1. The van der Waals surface area contributed by atoms with Crippen molar-refractivity contribution in [2.75, 3.05) is 20.1 Å². The molecule has 0 radical (unpaired) electrons. The van der Waals surface area contributed by atoms with E-state index in [-0.39, 0.29) is 11.8 Å². The molecule has 2 N–H and O–H groups in total. The molecule has 66 valence electrons. The van der Waals surface area contributed by atoms with Crippen molar-refractivity contribution in [3.8, 4) is 0 Å². The lowest BCUT2D eigenvalue weighted by atomic mass is 10.1. The van der Waals surface area contributed by atoms with E-state index in [1.165, 1.54) is 0 Å². The molecule has 3 nitrogen and oxygen atoms in total. The Hall–Kier alpha value is -0.570. The van der Waals surface area contributed by atoms with Crippen molar-refractivity contribution >= 4 is 5.91 Å². The minimum atomic E-state index is -0.0356. The summed E-state index contributed by atoms with van der Waals surface area (Å²) in [4.78, 5) is 13.0. The molecule has 0 saturated heterocycles. The van der Waals surface area contributed by atoms with E-state index in [9.17, 15) is 4.79 Å². The SMILES string of the molecule is CCCN(C)C(=O)C(C)CN. The highest BCUT2D eigenvalue weighted by Crippen LogP contribution is 1.98. The Morgan fingerprint density at radius 2 is 2.18 bits per heavy atom. The van der Waals surface area contributed by atoms with E-state index in [2.05, 4.69) is 6.92 Å². The van der Waals surface area contributed by atoms with Gasteiger partial charge in [-0.05, 0) is 6.42 Å². The molecule has 0 aromatic heterocycles. The Kier molecular flexibility index (Phi) is 4.86. The Morgan fingerprint density at radius 3 is 2.55 bits per heavy atom. The molecular weight excluding hydrogens is 140 g/mol. The molecule has 1 atom stereocenters. The number of nitrogens with zero attached hydrogens (tertiary/aromatic N) is 1. The number of amides is 1. The zero-order valence-electron chi connectivity index (χ0n) is 7.63. The first-order valence-corrected chi connectivity index (χ1v) is 4.08. The fourth-order valence-electron chi connectivity index (χ4n) is 0.923. The van der Waals surface area contributed by atoms with Gasteiger partial charge in [-0.2, -0.15) is 0 Å². The maximum Gasteiger partial charge on any atom is 0.226 e. The van der Waals surface area contributed by atoms with E-state index >= 15 is 0 Å². The van der Waals surface area contributed by atoms with Gasteiger partial charge in [-0.15, -0.1) is 0 Å². The van der Waals surface area contributed by atoms with Crippen LogP contribution in [0.1, 0.15) is 20.3 Å². The van der Waals surface area contributed by atoms with E-state index in [1.54, 1.807) is 4.90 Å². The molecular formula is C8H18N2O. The zero-order chi connectivity index (χ0) is 8.85. The molecule has 0 aromatic carbocycles. The first-order valence-electron chi connectivity index (χ1n) is 4.08. The summed E-state index contributed by atoms with van der Waals surface area (Å²) in [7, 11) is 1.82. The van der Waals surface area contributed by atoms with E-state index < -0.39 is 0 Å². The molecule has 3 heteroatoms. The van der Waals surface area contributed by atoms with Gasteiger partial charge in [0.05, 0.1) is 0 Å². The molecule has 0 saturated carbocycles. The third-order valence-electron chi connectivity index (χ3n) is 1.71. The van der Waals surface area contributed by atoms with Crippen molar-refractivity contribution in [2.45, 2.75) is 20.3 Å². The molecule has 0 bridgehead atoms. The number of rotatable bonds is 4. The van der Waals surface area contributed by atoms with E-state index in [0.717, 1.165) is 13.0 Å². The second-order valence-electron chi connectivity index (χ2n) is 2.90. The van der Waals surface area contributed by atoms with Crippen molar-refractivity contribution in [1.82, 2.24) is 4.90 Å². The summed E-state index contributed by atoms with van der Waals surface area (Å²) in [6.45, 7) is 5.17. The van der Waals surface area contributed by atoms with E-state index in [4.69, 9.17) is 5.73 Å². The molecule has 1 amide bonds. The normalized spacial score (nSPS) is 12.7. The van der Waals surface area contributed by atoms with Crippen LogP contribution >= 0.6 is 0 Å². The Bertz CT molecular complexity index is 125. The van der Waals surface area contributed by atoms with Crippen LogP contribution < -0.4 is 5.73 Å². The summed E-state index contributed by atoms with van der Waals surface area (Å²) in [5, 5.41) is 0. The summed E-state index contributed by atoms with van der Waals surface area (Å²) >= 11 is 0. The number of hydrogen-bond acceptors (Lipinski definition) is 2. The molecule has 0 heterocycles. The summed E-state index contributed by atoms with van der Waals surface area (Å²) in [6, 6.07) is 0. The lowest BCUT2D eigenvalue weighted by molar-refractivity contribution is -0.133. The first-order chi connectivity index (χ1) is 5.13. The molecule has 1 unspecified atom stereocenters. The van der Waals surface area contributed by atoms with Gasteiger partial charge in [-0.1, -0.05) is 13.8 Å². The Labute approximate surface area is 68.6 Å². The van der Waals surface area contributed by atoms with Gasteiger partial charge in [0.25, 0.3) is 0 Å². The van der Waals surface area contributed by atoms with Crippen molar-refractivity contribution < 1.29 is 4.79 Å². The highest BCUT2D eigenvalue weighted by atomic mass is 16.2. The summed E-state index contributed by atoms with van der Waals surface area (Å²) < 4.78 is 0. The zero-order valence-corrected chi connectivity index (χ0v) is 7.63. The van der Waals surface area contributed by atoms with Crippen molar-refractivity contribution in [3.63, 3.8) is 0 Å². The monoisotopic (exact) mass is 158 g/mol. The number of hydrogen-bond donors (Lipinski definition) is 1. The molecule has 0 aromatic rings. The summed E-state index contributed by atoms with van der Waals surface area (Å²) in [5.41, 5.74) is 5.36. The van der Waals surface area contributed by atoms with Crippen molar-refractivity contribution in [3.05, 3.63) is 0 Å². The average Bonchev–Trinajstić information content (AvgIpc) is 2.02. The van der Waals surface area contributed by atoms with Crippen LogP contribution in [0.3, 0.4) is 0 Å². The smallest absolute Gasteiger partial charge is 0.226 e. The van der Waals surface area contributed by atoms with Gasteiger partial charge in [0.1, 0.15) is 0 Å². The van der Waals surface area contributed by atoms with Crippen LogP contribution in [-0.2, 0) is 4.79 Å². The van der Waals surface area contributed by atoms with Crippen LogP contribution in [0, 0.1) is 5.92 Å². The lowest BCUT2D eigenvalue weighted by Gasteiger charge is -2.19. The quantitative estimate of drug-likeness (QED) is 0.645. The van der Waals surface area contributed by atoms with Crippen molar-refractivity contribution in [2.24, 2.45) is 11.7 Å². The summed E-state index contributed by atoms with van der Waals surface area (Å²) in [6.07, 6.45) is 1.000. The van der Waals surface area contributed by atoms with Gasteiger partial charge in [-0.3, -0.25) is 4.79 Å². The maximum absolute atomic E-state index is 11.3. The standard InChI is InChI=1S/C8H18N2O/c1-4-5-10(3)8(11)7(2)6-9/h7H,4-6,9H2,1-3H3. The molecule has 0 aliphatic carbocycles. The minimum absolute atomic E-state index is 0.0356. The van der Waals surface area contributed by atoms with Gasteiger partial charge < -0.3 is 10.6 Å². The largest absolute Gasteiger partial charge is 0.346 e. The second-order valence-corrected chi connectivity index (χ2v) is 2.90. The summed E-state index contributed by atoms with van der Waals surface area (Å²) in [5.74, 6) is 0.112. The van der Waals surface area contributed by atoms with Crippen LogP contribution in [0.15, 0.2) is 0 Å². The molecule has 0 aliphatic heterocycles. The van der Waals surface area contributed by atoms with E-state index in [1.807, 2.05) is 14.0 Å². The third kappa shape index (κ3) is 3.37. The van der Waals surface area contributed by atoms with Gasteiger partial charge in [0.2, 0.25) is 5.91 Å². The third-order valence-corrected chi connectivity index (χ3v) is 1.71. The van der Waals surface area contributed by atoms with Crippen LogP contribution in [0.5, 0.6) is 0 Å². The van der Waals surface area contributed by atoms with Gasteiger partial charge in [0.15, 0.2) is 0 Å². The Balaban J connectivity index is 3.81. The highest BCUT2D eigenvalue weighted by Gasteiger charge is 2.14. The maximum atomic E-state index is 11.3. The molecule has 0 spiro atoms. The Morgan fingerprint density at radius 1 is 1.64 bits per heavy atom. The fraction of sp³-hybridized carbons (Fsp3) is 0.875. The topological polar surface area (TPSA) is 46.3 Å². The van der Waals surface area contributed by atoms with Gasteiger partial charge in [-0.25, -0.2) is 0 Å². The first kappa shape index (κ1) is 10.4. The molecule has 0 aliphatic rings. The minimum Gasteiger partial charge on any atom is -0.346 e. The van der Waals surface area contributed by atoms with Gasteiger partial charge in [0, 0.05) is 26.1 Å². The van der Waals surface area contributed by atoms with Crippen LogP contribution in [0.2, 0.25) is 0 Å². The molecule has 11 heavy (non-hydrogen) atoms. The average molecular weight is 158 g/mol. The number of carbonyl (C=O) groups is 1. The molecule has 0 rings (SSSR count). The molecule has 0 fully saturated rings. The predicted molar refractivity (Wildman–Crippen MR) is 46.1 cm³/mol. The van der Waals surface area contributed by atoms with Crippen molar-refractivity contribution in [1.29, 1.82) is 0 Å². The van der Waals surface area contributed by atoms with Crippen LogP contribution in [0.4, 0.5) is 0 Å². The predicted octanol–water partition coefficient (Wildman–Crippen LogP) is 0.450. The fourth-order valence-corrected chi connectivity index (χ4v) is 0.923. The lowest BCUT2D eigenvalue weighted by Crippen LogP contribution is -2.35. The highest BCUT2D eigenvalue weighted by molar-refractivity contribution is 5.78. The van der Waals surface area contributed by atoms with E-state index in [0.29, 0.717) is 6.54 Å². The van der Waals surface area contributed by atoms with Crippen LogP contribution in [0.25, 0.3) is 0 Å². The second kappa shape index (κ2) is 5.13.